The fourth-order valence-corrected chi connectivity index (χ4v) is 3.63. The summed E-state index contributed by atoms with van der Waals surface area (Å²) in [6.45, 7) is 6.46. The van der Waals surface area contributed by atoms with Crippen LogP contribution in [0.25, 0.3) is 0 Å². The minimum Gasteiger partial charge on any atom is -0.448 e. The first-order valence-electron chi connectivity index (χ1n) is 9.22. The van der Waals surface area contributed by atoms with Crippen LogP contribution in [0.15, 0.2) is 10.8 Å². The molecule has 2 aliphatic rings. The molecule has 3 rings (SSSR count). The highest BCUT2D eigenvalue weighted by Crippen LogP contribution is 2.33. The lowest BCUT2D eigenvalue weighted by molar-refractivity contribution is 0.00295. The standard InChI is InChI=1S/C18H27N3O4/c1-3-4-5-6-9-21-12-18(25-17(21)23)7-10-20(11-8-18)16(22)15-14(2)24-13-19-15/h13H,3-12H2,1-2H3. The van der Waals surface area contributed by atoms with Gasteiger partial charge < -0.3 is 19.0 Å². The van der Waals surface area contributed by atoms with Gasteiger partial charge in [-0.1, -0.05) is 26.2 Å². The molecule has 2 amide bonds. The molecular formula is C18H27N3O4. The Hall–Kier alpha value is -2.05. The Balaban J connectivity index is 1.52. The molecule has 0 N–H and O–H groups in total. The van der Waals surface area contributed by atoms with Gasteiger partial charge in [-0.05, 0) is 13.3 Å². The Labute approximate surface area is 148 Å². The largest absolute Gasteiger partial charge is 0.448 e. The van der Waals surface area contributed by atoms with Crippen molar-refractivity contribution < 1.29 is 18.7 Å². The number of hydrogen-bond acceptors (Lipinski definition) is 5. The number of carbonyl (C=O) groups excluding carboxylic acids is 2. The Morgan fingerprint density at radius 3 is 2.68 bits per heavy atom. The molecule has 2 saturated heterocycles. The lowest BCUT2D eigenvalue weighted by Gasteiger charge is -2.37. The van der Waals surface area contributed by atoms with E-state index in [2.05, 4.69) is 11.9 Å². The van der Waals surface area contributed by atoms with Gasteiger partial charge in [-0.2, -0.15) is 0 Å². The molecule has 1 spiro atoms. The van der Waals surface area contributed by atoms with Crippen molar-refractivity contribution in [3.8, 4) is 0 Å². The summed E-state index contributed by atoms with van der Waals surface area (Å²) in [6.07, 6.45) is 6.99. The summed E-state index contributed by atoms with van der Waals surface area (Å²) in [5.74, 6) is 0.428. The van der Waals surface area contributed by atoms with Gasteiger partial charge in [0, 0.05) is 32.5 Å². The van der Waals surface area contributed by atoms with E-state index in [4.69, 9.17) is 9.15 Å². The predicted octanol–water partition coefficient (Wildman–Crippen LogP) is 2.99. The summed E-state index contributed by atoms with van der Waals surface area (Å²) >= 11 is 0. The van der Waals surface area contributed by atoms with Crippen molar-refractivity contribution >= 4 is 12.0 Å². The molecule has 2 aliphatic heterocycles. The van der Waals surface area contributed by atoms with Gasteiger partial charge in [-0.25, -0.2) is 9.78 Å². The Morgan fingerprint density at radius 1 is 1.28 bits per heavy atom. The molecule has 7 nitrogen and oxygen atoms in total. The first kappa shape index (κ1) is 17.8. The number of carbonyl (C=O) groups is 2. The van der Waals surface area contributed by atoms with E-state index in [1.165, 1.54) is 19.2 Å². The Kier molecular flexibility index (Phi) is 5.30. The second-order valence-corrected chi connectivity index (χ2v) is 7.08. The zero-order chi connectivity index (χ0) is 17.9. The molecular weight excluding hydrogens is 322 g/mol. The highest BCUT2D eigenvalue weighted by atomic mass is 16.6. The lowest BCUT2D eigenvalue weighted by atomic mass is 9.91. The third-order valence-corrected chi connectivity index (χ3v) is 5.23. The average Bonchev–Trinajstić information content (AvgIpc) is 3.15. The first-order valence-corrected chi connectivity index (χ1v) is 9.22. The predicted molar refractivity (Wildman–Crippen MR) is 91.3 cm³/mol. The van der Waals surface area contributed by atoms with Gasteiger partial charge in [0.25, 0.3) is 5.91 Å². The molecule has 138 valence electrons. The molecule has 1 aromatic heterocycles. The van der Waals surface area contributed by atoms with Crippen molar-refractivity contribution in [2.75, 3.05) is 26.2 Å². The fourth-order valence-electron chi connectivity index (χ4n) is 3.63. The Bertz CT molecular complexity index is 620. The summed E-state index contributed by atoms with van der Waals surface area (Å²) < 4.78 is 10.8. The second-order valence-electron chi connectivity index (χ2n) is 7.08. The number of unbranched alkanes of at least 4 members (excludes halogenated alkanes) is 3. The van der Waals surface area contributed by atoms with Gasteiger partial charge in [0.05, 0.1) is 6.54 Å². The molecule has 0 bridgehead atoms. The van der Waals surface area contributed by atoms with E-state index in [9.17, 15) is 9.59 Å². The van der Waals surface area contributed by atoms with Gasteiger partial charge in [-0.3, -0.25) is 4.79 Å². The number of piperidine rings is 1. The normalized spacial score (nSPS) is 19.5. The molecule has 25 heavy (non-hydrogen) atoms. The fraction of sp³-hybridized carbons (Fsp3) is 0.722. The van der Waals surface area contributed by atoms with Gasteiger partial charge >= 0.3 is 6.09 Å². The number of likely N-dealkylation sites (tertiary alicyclic amines) is 1. The van der Waals surface area contributed by atoms with Gasteiger partial charge in [0.2, 0.25) is 0 Å². The topological polar surface area (TPSA) is 75.9 Å². The van der Waals surface area contributed by atoms with Gasteiger partial charge in [-0.15, -0.1) is 0 Å². The molecule has 0 aromatic carbocycles. The second kappa shape index (κ2) is 7.45. The number of nitrogens with zero attached hydrogens (tertiary/aromatic N) is 3. The van der Waals surface area contributed by atoms with Crippen LogP contribution in [0, 0.1) is 6.92 Å². The van der Waals surface area contributed by atoms with Crippen LogP contribution in [0.4, 0.5) is 4.79 Å². The maximum atomic E-state index is 12.5. The first-order chi connectivity index (χ1) is 12.0. The van der Waals surface area contributed by atoms with Crippen molar-refractivity contribution in [3.63, 3.8) is 0 Å². The number of aryl methyl sites for hydroxylation is 1. The zero-order valence-electron chi connectivity index (χ0n) is 15.1. The smallest absolute Gasteiger partial charge is 0.410 e. The van der Waals surface area contributed by atoms with Gasteiger partial charge in [0.1, 0.15) is 11.4 Å². The van der Waals surface area contributed by atoms with Crippen molar-refractivity contribution in [1.82, 2.24) is 14.8 Å². The van der Waals surface area contributed by atoms with E-state index >= 15 is 0 Å². The minimum atomic E-state index is -0.433. The van der Waals surface area contributed by atoms with Gasteiger partial charge in [0.15, 0.2) is 12.1 Å². The summed E-state index contributed by atoms with van der Waals surface area (Å²) in [5, 5.41) is 0. The van der Waals surface area contributed by atoms with Crippen LogP contribution >= 0.6 is 0 Å². The molecule has 2 fully saturated rings. The third kappa shape index (κ3) is 3.80. The summed E-state index contributed by atoms with van der Waals surface area (Å²) in [5.41, 5.74) is -0.0609. The molecule has 1 aromatic rings. The molecule has 0 aliphatic carbocycles. The number of hydrogen-bond donors (Lipinski definition) is 0. The molecule has 0 radical (unpaired) electrons. The van der Waals surface area contributed by atoms with E-state index in [0.29, 0.717) is 43.9 Å². The number of amides is 2. The van der Waals surface area contributed by atoms with Crippen LogP contribution in [-0.2, 0) is 4.74 Å². The molecule has 0 atom stereocenters. The third-order valence-electron chi connectivity index (χ3n) is 5.23. The minimum absolute atomic E-state index is 0.109. The number of ether oxygens (including phenoxy) is 1. The molecule has 0 unspecified atom stereocenters. The maximum absolute atomic E-state index is 12.5. The van der Waals surface area contributed by atoms with Crippen LogP contribution < -0.4 is 0 Å². The SMILES string of the molecule is CCCCCCN1CC2(CCN(C(=O)c3ncoc3C)CC2)OC1=O. The van der Waals surface area contributed by atoms with E-state index in [1.807, 2.05) is 4.90 Å². The zero-order valence-corrected chi connectivity index (χ0v) is 15.1. The number of oxazole rings is 1. The van der Waals surface area contributed by atoms with E-state index in [-0.39, 0.29) is 12.0 Å². The molecule has 0 saturated carbocycles. The van der Waals surface area contributed by atoms with Crippen LogP contribution in [0.5, 0.6) is 0 Å². The molecule has 3 heterocycles. The summed E-state index contributed by atoms with van der Waals surface area (Å²) in [7, 11) is 0. The quantitative estimate of drug-likeness (QED) is 0.738. The summed E-state index contributed by atoms with van der Waals surface area (Å²) in [4.78, 5) is 32.3. The van der Waals surface area contributed by atoms with E-state index in [1.54, 1.807) is 11.8 Å². The van der Waals surface area contributed by atoms with E-state index in [0.717, 1.165) is 19.4 Å². The lowest BCUT2D eigenvalue weighted by Crippen LogP contribution is -2.49. The highest BCUT2D eigenvalue weighted by molar-refractivity contribution is 5.93. The average molecular weight is 349 g/mol. The maximum Gasteiger partial charge on any atom is 0.410 e. The van der Waals surface area contributed by atoms with E-state index < -0.39 is 5.60 Å². The van der Waals surface area contributed by atoms with Crippen molar-refractivity contribution in [2.24, 2.45) is 0 Å². The van der Waals surface area contributed by atoms with Crippen molar-refractivity contribution in [1.29, 1.82) is 0 Å². The monoisotopic (exact) mass is 349 g/mol. The van der Waals surface area contributed by atoms with Crippen LogP contribution in [-0.4, -0.2) is 58.6 Å². The highest BCUT2D eigenvalue weighted by Gasteiger charge is 2.47. The number of aromatic nitrogens is 1. The number of rotatable bonds is 6. The van der Waals surface area contributed by atoms with Crippen molar-refractivity contribution in [2.45, 2.75) is 58.0 Å². The van der Waals surface area contributed by atoms with Crippen LogP contribution in [0.3, 0.4) is 0 Å². The molecule has 7 heteroatoms. The van der Waals surface area contributed by atoms with Crippen molar-refractivity contribution in [3.05, 3.63) is 17.8 Å². The Morgan fingerprint density at radius 2 is 2.04 bits per heavy atom. The summed E-state index contributed by atoms with van der Waals surface area (Å²) in [6, 6.07) is 0. The van der Waals surface area contributed by atoms with Crippen LogP contribution in [0.1, 0.15) is 61.7 Å². The van der Waals surface area contributed by atoms with Crippen LogP contribution in [0.2, 0.25) is 0 Å².